The van der Waals surface area contributed by atoms with Crippen molar-refractivity contribution in [1.82, 2.24) is 5.32 Å². The van der Waals surface area contributed by atoms with Crippen LogP contribution in [0.2, 0.25) is 0 Å². The zero-order chi connectivity index (χ0) is 14.3. The van der Waals surface area contributed by atoms with Crippen LogP contribution in [0.25, 0.3) is 0 Å². The number of carbonyl (C=O) groups excluding carboxylic acids is 1. The number of nitrogens with one attached hydrogen (secondary N) is 1. The molecule has 2 heterocycles. The third-order valence-electron chi connectivity index (χ3n) is 4.35. The number of anilines is 1. The normalized spacial score (nSPS) is 19.4. The number of nitro groups is 1. The highest BCUT2D eigenvalue weighted by Gasteiger charge is 2.35. The minimum absolute atomic E-state index is 0.0403. The number of rotatable bonds is 3. The Kier molecular flexibility index (Phi) is 3.17. The van der Waals surface area contributed by atoms with E-state index in [0.29, 0.717) is 18.2 Å². The van der Waals surface area contributed by atoms with E-state index in [9.17, 15) is 14.9 Å². The average Bonchev–Trinajstić information content (AvgIpc) is 2.78. The number of nitro benzene ring substituents is 1. The Bertz CT molecular complexity index is 569. The lowest BCUT2D eigenvalue weighted by Crippen LogP contribution is -2.50. The Morgan fingerprint density at radius 3 is 2.85 bits per heavy atom. The summed E-state index contributed by atoms with van der Waals surface area (Å²) in [6, 6.07) is 4.79. The van der Waals surface area contributed by atoms with E-state index in [-0.39, 0.29) is 17.5 Å². The minimum atomic E-state index is -0.416. The van der Waals surface area contributed by atoms with E-state index in [2.05, 4.69) is 5.32 Å². The van der Waals surface area contributed by atoms with Crippen molar-refractivity contribution in [3.05, 3.63) is 33.9 Å². The molecule has 0 radical (unpaired) electrons. The fourth-order valence-electron chi connectivity index (χ4n) is 2.82. The van der Waals surface area contributed by atoms with Gasteiger partial charge in [0.1, 0.15) is 0 Å². The van der Waals surface area contributed by atoms with Crippen LogP contribution < -0.4 is 10.2 Å². The van der Waals surface area contributed by atoms with Crippen LogP contribution in [0, 0.1) is 22.0 Å². The average molecular weight is 275 g/mol. The molecular formula is C14H17N3O3. The van der Waals surface area contributed by atoms with Crippen LogP contribution in [-0.2, 0) is 11.2 Å². The van der Waals surface area contributed by atoms with Gasteiger partial charge in [-0.15, -0.1) is 0 Å². The number of non-ortho nitro benzene ring substituents is 1. The van der Waals surface area contributed by atoms with E-state index in [0.717, 1.165) is 25.1 Å². The second kappa shape index (κ2) is 4.86. The minimum Gasteiger partial charge on any atom is -0.316 e. The lowest BCUT2D eigenvalue weighted by molar-refractivity contribution is -0.384. The van der Waals surface area contributed by atoms with Gasteiger partial charge in [0.05, 0.1) is 10.6 Å². The monoisotopic (exact) mass is 275 g/mol. The highest BCUT2D eigenvalue weighted by Crippen LogP contribution is 2.33. The molecule has 1 aromatic rings. The molecule has 6 nitrogen and oxygen atoms in total. The van der Waals surface area contributed by atoms with Crippen LogP contribution in [-0.4, -0.2) is 30.5 Å². The van der Waals surface area contributed by atoms with Crippen molar-refractivity contribution in [3.8, 4) is 0 Å². The summed E-state index contributed by atoms with van der Waals surface area (Å²) in [6.07, 6.45) is 0.773. The van der Waals surface area contributed by atoms with Gasteiger partial charge in [0.15, 0.2) is 0 Å². The molecule has 0 spiro atoms. The maximum atomic E-state index is 12.6. The molecule has 106 valence electrons. The maximum Gasteiger partial charge on any atom is 0.271 e. The molecule has 0 saturated carbocycles. The second-order valence-electron chi connectivity index (χ2n) is 5.52. The van der Waals surface area contributed by atoms with Crippen molar-refractivity contribution >= 4 is 17.3 Å². The van der Waals surface area contributed by atoms with Crippen molar-refractivity contribution < 1.29 is 9.72 Å². The summed E-state index contributed by atoms with van der Waals surface area (Å²) >= 11 is 0. The molecule has 20 heavy (non-hydrogen) atoms. The first-order valence-electron chi connectivity index (χ1n) is 6.87. The van der Waals surface area contributed by atoms with Gasteiger partial charge in [-0.1, -0.05) is 13.0 Å². The Labute approximate surface area is 116 Å². The molecule has 1 saturated heterocycles. The summed E-state index contributed by atoms with van der Waals surface area (Å²) < 4.78 is 0. The Morgan fingerprint density at radius 1 is 1.50 bits per heavy atom. The Hall–Kier alpha value is -1.95. The standard InChI is InChI=1S/C14H17N3O3/c1-9(11-7-15-8-11)14(18)16-5-4-10-2-3-12(17(19)20)6-13(10)16/h2-3,6,9,11,15H,4-5,7-8H2,1H3. The van der Waals surface area contributed by atoms with Crippen LogP contribution in [0.15, 0.2) is 18.2 Å². The molecule has 2 aliphatic rings. The zero-order valence-corrected chi connectivity index (χ0v) is 11.3. The van der Waals surface area contributed by atoms with E-state index < -0.39 is 4.92 Å². The fourth-order valence-corrected chi connectivity index (χ4v) is 2.82. The maximum absolute atomic E-state index is 12.6. The molecule has 0 bridgehead atoms. The third-order valence-corrected chi connectivity index (χ3v) is 4.35. The zero-order valence-electron chi connectivity index (χ0n) is 11.3. The van der Waals surface area contributed by atoms with Crippen LogP contribution >= 0.6 is 0 Å². The second-order valence-corrected chi connectivity index (χ2v) is 5.52. The molecule has 2 aliphatic heterocycles. The lowest BCUT2D eigenvalue weighted by atomic mass is 9.88. The van der Waals surface area contributed by atoms with Gasteiger partial charge in [0, 0.05) is 24.6 Å². The highest BCUT2D eigenvalue weighted by atomic mass is 16.6. The van der Waals surface area contributed by atoms with Gasteiger partial charge < -0.3 is 10.2 Å². The van der Waals surface area contributed by atoms with Crippen LogP contribution in [0.4, 0.5) is 11.4 Å². The van der Waals surface area contributed by atoms with E-state index in [4.69, 9.17) is 0 Å². The molecule has 6 heteroatoms. The predicted molar refractivity (Wildman–Crippen MR) is 74.7 cm³/mol. The molecule has 3 rings (SSSR count). The molecule has 1 unspecified atom stereocenters. The number of fused-ring (bicyclic) bond motifs is 1. The van der Waals surface area contributed by atoms with Gasteiger partial charge in [-0.2, -0.15) is 0 Å². The van der Waals surface area contributed by atoms with Crippen LogP contribution in [0.3, 0.4) is 0 Å². The summed E-state index contributed by atoms with van der Waals surface area (Å²) in [5.74, 6) is 0.419. The quantitative estimate of drug-likeness (QED) is 0.667. The van der Waals surface area contributed by atoms with Gasteiger partial charge in [0.2, 0.25) is 5.91 Å². The number of hydrogen-bond donors (Lipinski definition) is 1. The lowest BCUT2D eigenvalue weighted by Gasteiger charge is -2.34. The van der Waals surface area contributed by atoms with Crippen LogP contribution in [0.5, 0.6) is 0 Å². The SMILES string of the molecule is CC(C(=O)N1CCc2ccc([N+](=O)[O-])cc21)C1CNC1. The predicted octanol–water partition coefficient (Wildman–Crippen LogP) is 1.34. The molecule has 1 atom stereocenters. The summed E-state index contributed by atoms with van der Waals surface area (Å²) in [5.41, 5.74) is 1.77. The van der Waals surface area contributed by atoms with Crippen molar-refractivity contribution in [2.75, 3.05) is 24.5 Å². The molecule has 0 aromatic heterocycles. The molecule has 1 aromatic carbocycles. The Morgan fingerprint density at radius 2 is 2.25 bits per heavy atom. The van der Waals surface area contributed by atoms with Crippen molar-refractivity contribution in [2.24, 2.45) is 11.8 Å². The first-order valence-corrected chi connectivity index (χ1v) is 6.87. The van der Waals surface area contributed by atoms with Crippen molar-refractivity contribution in [2.45, 2.75) is 13.3 Å². The van der Waals surface area contributed by atoms with Gasteiger partial charge in [-0.25, -0.2) is 0 Å². The Balaban J connectivity index is 1.85. The molecular weight excluding hydrogens is 258 g/mol. The summed E-state index contributed by atoms with van der Waals surface area (Å²) in [5, 5.41) is 14.0. The molecule has 1 N–H and O–H groups in total. The molecule has 1 fully saturated rings. The number of carbonyl (C=O) groups is 1. The first kappa shape index (κ1) is 13.1. The van der Waals surface area contributed by atoms with Crippen LogP contribution in [0.1, 0.15) is 12.5 Å². The smallest absolute Gasteiger partial charge is 0.271 e. The summed E-state index contributed by atoms with van der Waals surface area (Å²) in [7, 11) is 0. The fraction of sp³-hybridized carbons (Fsp3) is 0.500. The number of nitrogens with zero attached hydrogens (tertiary/aromatic N) is 2. The first-order chi connectivity index (χ1) is 9.58. The molecule has 0 aliphatic carbocycles. The van der Waals surface area contributed by atoms with E-state index >= 15 is 0 Å². The highest BCUT2D eigenvalue weighted by molar-refractivity contribution is 5.97. The van der Waals surface area contributed by atoms with Gasteiger partial charge in [-0.05, 0) is 31.0 Å². The van der Waals surface area contributed by atoms with Gasteiger partial charge in [-0.3, -0.25) is 14.9 Å². The van der Waals surface area contributed by atoms with Gasteiger partial charge >= 0.3 is 0 Å². The van der Waals surface area contributed by atoms with E-state index in [1.54, 1.807) is 11.0 Å². The number of hydrogen-bond acceptors (Lipinski definition) is 4. The molecule has 1 amide bonds. The summed E-state index contributed by atoms with van der Waals surface area (Å²) in [6.45, 7) is 4.33. The summed E-state index contributed by atoms with van der Waals surface area (Å²) in [4.78, 5) is 24.7. The number of benzene rings is 1. The topological polar surface area (TPSA) is 75.5 Å². The van der Waals surface area contributed by atoms with E-state index in [1.807, 2.05) is 6.92 Å². The van der Waals surface area contributed by atoms with Crippen molar-refractivity contribution in [1.29, 1.82) is 0 Å². The van der Waals surface area contributed by atoms with Crippen molar-refractivity contribution in [3.63, 3.8) is 0 Å². The number of amides is 1. The largest absolute Gasteiger partial charge is 0.316 e. The van der Waals surface area contributed by atoms with E-state index in [1.165, 1.54) is 12.1 Å². The third kappa shape index (κ3) is 2.06. The van der Waals surface area contributed by atoms with Gasteiger partial charge in [0.25, 0.3) is 5.69 Å².